The van der Waals surface area contributed by atoms with Crippen LogP contribution in [0.1, 0.15) is 18.1 Å². The highest BCUT2D eigenvalue weighted by Crippen LogP contribution is 2.15. The third-order valence-corrected chi connectivity index (χ3v) is 4.47. The summed E-state index contributed by atoms with van der Waals surface area (Å²) in [5.74, 6) is 0.974. The van der Waals surface area contributed by atoms with Gasteiger partial charge in [0.2, 0.25) is 5.91 Å². The zero-order valence-corrected chi connectivity index (χ0v) is 15.5. The molecule has 0 aliphatic carbocycles. The summed E-state index contributed by atoms with van der Waals surface area (Å²) in [5, 5.41) is 4.10. The average Bonchev–Trinajstić information content (AvgIpc) is 3.07. The summed E-state index contributed by atoms with van der Waals surface area (Å²) in [6.07, 6.45) is 7.10. The quantitative estimate of drug-likeness (QED) is 0.746. The lowest BCUT2D eigenvalue weighted by atomic mass is 10.2. The Morgan fingerprint density at radius 1 is 1.19 bits per heavy atom. The molecule has 1 aliphatic heterocycles. The normalized spacial score (nSPS) is 15.5. The monoisotopic (exact) mass is 354 g/mol. The predicted octanol–water partition coefficient (Wildman–Crippen LogP) is 2.18. The van der Waals surface area contributed by atoms with Gasteiger partial charge in [-0.2, -0.15) is 5.10 Å². The van der Waals surface area contributed by atoms with E-state index in [0.717, 1.165) is 44.0 Å². The van der Waals surface area contributed by atoms with Crippen LogP contribution in [0.5, 0.6) is 5.75 Å². The van der Waals surface area contributed by atoms with Gasteiger partial charge in [0, 0.05) is 57.6 Å². The van der Waals surface area contributed by atoms with Crippen molar-refractivity contribution in [2.45, 2.75) is 13.5 Å². The van der Waals surface area contributed by atoms with Crippen molar-refractivity contribution in [2.75, 3.05) is 32.8 Å². The van der Waals surface area contributed by atoms with Gasteiger partial charge in [-0.05, 0) is 30.7 Å². The van der Waals surface area contributed by atoms with Gasteiger partial charge in [-0.3, -0.25) is 14.4 Å². The molecule has 1 amide bonds. The molecule has 0 bridgehead atoms. The molecule has 3 rings (SSSR count). The molecule has 2 heterocycles. The van der Waals surface area contributed by atoms with E-state index in [0.29, 0.717) is 6.61 Å². The Morgan fingerprint density at radius 2 is 1.92 bits per heavy atom. The van der Waals surface area contributed by atoms with Gasteiger partial charge in [-0.15, -0.1) is 0 Å². The van der Waals surface area contributed by atoms with E-state index in [1.54, 1.807) is 17.0 Å². The van der Waals surface area contributed by atoms with Crippen molar-refractivity contribution in [1.29, 1.82) is 0 Å². The Bertz CT molecular complexity index is 743. The molecule has 0 N–H and O–H groups in total. The van der Waals surface area contributed by atoms with E-state index in [-0.39, 0.29) is 5.91 Å². The molecular weight excluding hydrogens is 328 g/mol. The van der Waals surface area contributed by atoms with Crippen LogP contribution in [0, 0.1) is 0 Å². The number of nitrogens with zero attached hydrogens (tertiary/aromatic N) is 4. The fourth-order valence-electron chi connectivity index (χ4n) is 3.04. The van der Waals surface area contributed by atoms with Crippen LogP contribution in [-0.4, -0.2) is 58.3 Å². The van der Waals surface area contributed by atoms with Crippen LogP contribution in [0.4, 0.5) is 0 Å². The van der Waals surface area contributed by atoms with E-state index in [2.05, 4.69) is 22.1 Å². The molecule has 6 heteroatoms. The fraction of sp³-hybridized carbons (Fsp3) is 0.400. The summed E-state index contributed by atoms with van der Waals surface area (Å²) in [5.41, 5.74) is 2.21. The summed E-state index contributed by atoms with van der Waals surface area (Å²) in [6, 6.07) is 8.25. The maximum atomic E-state index is 12.3. The van der Waals surface area contributed by atoms with E-state index in [4.69, 9.17) is 4.74 Å². The van der Waals surface area contributed by atoms with Crippen LogP contribution in [-0.2, 0) is 18.4 Å². The third kappa shape index (κ3) is 4.95. The first kappa shape index (κ1) is 18.2. The Kier molecular flexibility index (Phi) is 6.07. The van der Waals surface area contributed by atoms with Crippen LogP contribution in [0.3, 0.4) is 0 Å². The van der Waals surface area contributed by atoms with Crippen molar-refractivity contribution >= 4 is 12.0 Å². The summed E-state index contributed by atoms with van der Waals surface area (Å²) < 4.78 is 7.20. The van der Waals surface area contributed by atoms with E-state index in [1.165, 1.54) is 5.56 Å². The molecule has 1 aromatic heterocycles. The second-order valence-corrected chi connectivity index (χ2v) is 6.46. The summed E-state index contributed by atoms with van der Waals surface area (Å²) >= 11 is 0. The molecule has 1 saturated heterocycles. The van der Waals surface area contributed by atoms with Crippen molar-refractivity contribution < 1.29 is 9.53 Å². The van der Waals surface area contributed by atoms with Gasteiger partial charge in [-0.25, -0.2) is 0 Å². The van der Waals surface area contributed by atoms with Crippen molar-refractivity contribution in [2.24, 2.45) is 7.05 Å². The molecule has 138 valence electrons. The molecule has 0 radical (unpaired) electrons. The third-order valence-electron chi connectivity index (χ3n) is 4.47. The number of piperazine rings is 1. The minimum absolute atomic E-state index is 0.0644. The number of aryl methyl sites for hydroxylation is 1. The topological polar surface area (TPSA) is 50.6 Å². The number of amides is 1. The highest BCUT2D eigenvalue weighted by molar-refractivity contribution is 5.91. The van der Waals surface area contributed by atoms with Gasteiger partial charge in [0.25, 0.3) is 0 Å². The lowest BCUT2D eigenvalue weighted by molar-refractivity contribution is -0.127. The number of carbonyl (C=O) groups excluding carboxylic acids is 1. The highest BCUT2D eigenvalue weighted by Gasteiger charge is 2.19. The minimum Gasteiger partial charge on any atom is -0.494 e. The van der Waals surface area contributed by atoms with Crippen LogP contribution < -0.4 is 4.74 Å². The SMILES string of the molecule is CCOc1ccc(CN2CCN(C(=O)C=Cc3cnn(C)c3)CC2)cc1. The zero-order chi connectivity index (χ0) is 18.4. The molecule has 1 aliphatic rings. The summed E-state index contributed by atoms with van der Waals surface area (Å²) in [4.78, 5) is 16.6. The van der Waals surface area contributed by atoms with Gasteiger partial charge in [0.05, 0.1) is 12.8 Å². The van der Waals surface area contributed by atoms with Crippen LogP contribution in [0.25, 0.3) is 6.08 Å². The Hall–Kier alpha value is -2.60. The summed E-state index contributed by atoms with van der Waals surface area (Å²) in [7, 11) is 1.86. The van der Waals surface area contributed by atoms with Crippen molar-refractivity contribution in [3.8, 4) is 5.75 Å². The lowest BCUT2D eigenvalue weighted by Crippen LogP contribution is -2.47. The molecule has 6 nitrogen and oxygen atoms in total. The smallest absolute Gasteiger partial charge is 0.246 e. The number of ether oxygens (including phenoxy) is 1. The highest BCUT2D eigenvalue weighted by atomic mass is 16.5. The van der Waals surface area contributed by atoms with E-state index in [1.807, 2.05) is 43.3 Å². The lowest BCUT2D eigenvalue weighted by Gasteiger charge is -2.34. The number of aromatic nitrogens is 2. The molecule has 2 aromatic rings. The van der Waals surface area contributed by atoms with Crippen molar-refractivity contribution in [3.63, 3.8) is 0 Å². The second kappa shape index (κ2) is 8.67. The van der Waals surface area contributed by atoms with Gasteiger partial charge in [-0.1, -0.05) is 12.1 Å². The van der Waals surface area contributed by atoms with Crippen LogP contribution in [0.15, 0.2) is 42.7 Å². The number of benzene rings is 1. The van der Waals surface area contributed by atoms with Crippen molar-refractivity contribution in [1.82, 2.24) is 19.6 Å². The predicted molar refractivity (Wildman–Crippen MR) is 102 cm³/mol. The van der Waals surface area contributed by atoms with Gasteiger partial charge >= 0.3 is 0 Å². The molecular formula is C20H26N4O2. The molecule has 0 atom stereocenters. The van der Waals surface area contributed by atoms with Gasteiger partial charge < -0.3 is 9.64 Å². The molecule has 0 spiro atoms. The first-order chi connectivity index (χ1) is 12.6. The summed E-state index contributed by atoms with van der Waals surface area (Å²) in [6.45, 7) is 6.87. The maximum Gasteiger partial charge on any atom is 0.246 e. The Labute approximate surface area is 154 Å². The molecule has 1 aromatic carbocycles. The van der Waals surface area contributed by atoms with Gasteiger partial charge in [0.15, 0.2) is 0 Å². The molecule has 0 saturated carbocycles. The molecule has 0 unspecified atom stereocenters. The number of rotatable bonds is 6. The van der Waals surface area contributed by atoms with E-state index >= 15 is 0 Å². The van der Waals surface area contributed by atoms with E-state index in [9.17, 15) is 4.79 Å². The maximum absolute atomic E-state index is 12.3. The van der Waals surface area contributed by atoms with Crippen molar-refractivity contribution in [3.05, 3.63) is 53.9 Å². The fourth-order valence-corrected chi connectivity index (χ4v) is 3.04. The van der Waals surface area contributed by atoms with Crippen LogP contribution >= 0.6 is 0 Å². The zero-order valence-electron chi connectivity index (χ0n) is 15.5. The number of carbonyl (C=O) groups is 1. The standard InChI is InChI=1S/C20H26N4O2/c1-3-26-19-7-4-17(5-8-19)16-23-10-12-24(13-11-23)20(25)9-6-18-14-21-22(2)15-18/h4-9,14-15H,3,10-13,16H2,1-2H3. The van der Waals surface area contributed by atoms with E-state index < -0.39 is 0 Å². The second-order valence-electron chi connectivity index (χ2n) is 6.46. The Morgan fingerprint density at radius 3 is 2.54 bits per heavy atom. The number of hydrogen-bond acceptors (Lipinski definition) is 4. The first-order valence-corrected chi connectivity index (χ1v) is 9.04. The first-order valence-electron chi connectivity index (χ1n) is 9.04. The van der Waals surface area contributed by atoms with Gasteiger partial charge in [0.1, 0.15) is 5.75 Å². The molecule has 26 heavy (non-hydrogen) atoms. The largest absolute Gasteiger partial charge is 0.494 e. The average molecular weight is 354 g/mol. The minimum atomic E-state index is 0.0644. The van der Waals surface area contributed by atoms with Crippen LogP contribution in [0.2, 0.25) is 0 Å². The Balaban J connectivity index is 1.46. The molecule has 1 fully saturated rings. The number of hydrogen-bond donors (Lipinski definition) is 0.